The Morgan fingerprint density at radius 1 is 1.43 bits per heavy atom. The fraction of sp³-hybridized carbons (Fsp3) is 0.400. The van der Waals surface area contributed by atoms with E-state index < -0.39 is 0 Å². The van der Waals surface area contributed by atoms with Gasteiger partial charge in [-0.3, -0.25) is 4.79 Å². The number of hydrogen-bond donors (Lipinski definition) is 0. The van der Waals surface area contributed by atoms with Gasteiger partial charge in [0, 0.05) is 0 Å². The van der Waals surface area contributed by atoms with Crippen LogP contribution in [0.5, 0.6) is 0 Å². The summed E-state index contributed by atoms with van der Waals surface area (Å²) in [5.74, 6) is 0. The highest BCUT2D eigenvalue weighted by Crippen LogP contribution is 1.81. The highest BCUT2D eigenvalue weighted by atomic mass is 16.1. The third-order valence-electron chi connectivity index (χ3n) is 0.401. The van der Waals surface area contributed by atoms with Crippen LogP contribution in [0.2, 0.25) is 0 Å². The maximum Gasteiger partial charge on any atom is 0.142 e. The van der Waals surface area contributed by atoms with Gasteiger partial charge < -0.3 is 5.48 Å². The Morgan fingerprint density at radius 3 is 1.86 bits per heavy atom. The zero-order valence-corrected chi connectivity index (χ0v) is 4.56. The standard InChI is InChI=1S/C5H8O.H2O/c1-5(2)3-4-6;/h3-4H,1-2H3;1H2. The van der Waals surface area contributed by atoms with E-state index in [1.165, 1.54) is 6.08 Å². The largest absolute Gasteiger partial charge is 0.412 e. The van der Waals surface area contributed by atoms with E-state index in [2.05, 4.69) is 0 Å². The highest BCUT2D eigenvalue weighted by molar-refractivity contribution is 5.65. The molecule has 7 heavy (non-hydrogen) atoms. The maximum absolute atomic E-state index is 9.54. The summed E-state index contributed by atoms with van der Waals surface area (Å²) in [6.45, 7) is 3.77. The molecule has 0 rings (SSSR count). The van der Waals surface area contributed by atoms with E-state index in [0.717, 1.165) is 11.9 Å². The molecule has 0 heterocycles. The summed E-state index contributed by atoms with van der Waals surface area (Å²) in [5, 5.41) is 0. The first-order valence-corrected chi connectivity index (χ1v) is 1.86. The number of rotatable bonds is 1. The van der Waals surface area contributed by atoms with E-state index in [4.69, 9.17) is 0 Å². The number of aldehydes is 1. The minimum atomic E-state index is 0. The van der Waals surface area contributed by atoms with Gasteiger partial charge in [0.15, 0.2) is 0 Å². The van der Waals surface area contributed by atoms with Gasteiger partial charge in [-0.2, -0.15) is 0 Å². The van der Waals surface area contributed by atoms with Crippen LogP contribution >= 0.6 is 0 Å². The van der Waals surface area contributed by atoms with Crippen molar-refractivity contribution in [2.45, 2.75) is 13.8 Å². The highest BCUT2D eigenvalue weighted by Gasteiger charge is 1.66. The molecule has 0 aromatic heterocycles. The number of carbonyl (C=O) groups excluding carboxylic acids is 1. The lowest BCUT2D eigenvalue weighted by Crippen LogP contribution is -1.62. The first-order chi connectivity index (χ1) is 2.77. The number of carbonyl (C=O) groups is 1. The first-order valence-electron chi connectivity index (χ1n) is 1.86. The summed E-state index contributed by atoms with van der Waals surface area (Å²) in [6.07, 6.45) is 2.31. The zero-order valence-electron chi connectivity index (χ0n) is 4.56. The van der Waals surface area contributed by atoms with Crippen molar-refractivity contribution < 1.29 is 10.3 Å². The molecule has 0 amide bonds. The molecule has 0 unspecified atom stereocenters. The normalized spacial score (nSPS) is 6.00. The van der Waals surface area contributed by atoms with Crippen molar-refractivity contribution in [3.8, 4) is 0 Å². The Labute approximate surface area is 43.2 Å². The van der Waals surface area contributed by atoms with Crippen molar-refractivity contribution in [1.82, 2.24) is 0 Å². The molecular weight excluding hydrogens is 92.1 g/mol. The number of hydrogen-bond acceptors (Lipinski definition) is 1. The second-order valence-corrected chi connectivity index (χ2v) is 1.38. The summed E-state index contributed by atoms with van der Waals surface area (Å²) in [4.78, 5) is 9.54. The van der Waals surface area contributed by atoms with Crippen LogP contribution in [-0.2, 0) is 4.79 Å². The van der Waals surface area contributed by atoms with Gasteiger partial charge in [-0.15, -0.1) is 0 Å². The Balaban J connectivity index is 0. The average Bonchev–Trinajstić information content (AvgIpc) is 1.35. The quantitative estimate of drug-likeness (QED) is 0.347. The van der Waals surface area contributed by atoms with Gasteiger partial charge in [-0.25, -0.2) is 0 Å². The molecule has 0 atom stereocenters. The van der Waals surface area contributed by atoms with Crippen LogP contribution in [-0.4, -0.2) is 11.8 Å². The molecule has 42 valence electrons. The van der Waals surface area contributed by atoms with Gasteiger partial charge in [0.2, 0.25) is 0 Å². The van der Waals surface area contributed by atoms with Gasteiger partial charge in [-0.05, 0) is 19.9 Å². The third kappa shape index (κ3) is 10.9. The Kier molecular flexibility index (Phi) is 7.38. The molecule has 0 radical (unpaired) electrons. The van der Waals surface area contributed by atoms with Crippen LogP contribution in [0, 0.1) is 0 Å². The molecule has 0 aromatic rings. The first kappa shape index (κ1) is 9.62. The van der Waals surface area contributed by atoms with E-state index in [-0.39, 0.29) is 5.48 Å². The molecule has 0 fully saturated rings. The Morgan fingerprint density at radius 2 is 1.86 bits per heavy atom. The Bertz CT molecular complexity index is 70.1. The molecule has 2 nitrogen and oxygen atoms in total. The third-order valence-corrected chi connectivity index (χ3v) is 0.401. The minimum Gasteiger partial charge on any atom is -0.412 e. The lowest BCUT2D eigenvalue weighted by molar-refractivity contribution is -0.104. The van der Waals surface area contributed by atoms with Crippen molar-refractivity contribution in [3.05, 3.63) is 11.6 Å². The van der Waals surface area contributed by atoms with Gasteiger partial charge in [-0.1, -0.05) is 5.57 Å². The summed E-state index contributed by atoms with van der Waals surface area (Å²) in [7, 11) is 0. The SMILES string of the molecule is CC(C)=CC=O.O. The Hall–Kier alpha value is -0.630. The van der Waals surface area contributed by atoms with Crippen LogP contribution in [0.1, 0.15) is 13.8 Å². The molecule has 2 heteroatoms. The van der Waals surface area contributed by atoms with Crippen LogP contribution < -0.4 is 0 Å². The van der Waals surface area contributed by atoms with Crippen molar-refractivity contribution in [3.63, 3.8) is 0 Å². The van der Waals surface area contributed by atoms with E-state index in [0.29, 0.717) is 0 Å². The van der Waals surface area contributed by atoms with Gasteiger partial charge >= 0.3 is 0 Å². The van der Waals surface area contributed by atoms with Crippen molar-refractivity contribution in [1.29, 1.82) is 0 Å². The van der Waals surface area contributed by atoms with Crippen LogP contribution in [0.15, 0.2) is 11.6 Å². The van der Waals surface area contributed by atoms with Crippen LogP contribution in [0.25, 0.3) is 0 Å². The second kappa shape index (κ2) is 5.37. The van der Waals surface area contributed by atoms with Crippen LogP contribution in [0.4, 0.5) is 0 Å². The summed E-state index contributed by atoms with van der Waals surface area (Å²) < 4.78 is 0. The smallest absolute Gasteiger partial charge is 0.142 e. The molecule has 0 aliphatic rings. The van der Waals surface area contributed by atoms with Gasteiger partial charge in [0.05, 0.1) is 0 Å². The monoisotopic (exact) mass is 102 g/mol. The molecule has 0 bridgehead atoms. The average molecular weight is 102 g/mol. The molecule has 0 aliphatic carbocycles. The van der Waals surface area contributed by atoms with Crippen molar-refractivity contribution in [2.24, 2.45) is 0 Å². The molecule has 0 saturated carbocycles. The molecule has 2 N–H and O–H groups in total. The fourth-order valence-electron chi connectivity index (χ4n) is 0.136. The van der Waals surface area contributed by atoms with E-state index in [1.807, 2.05) is 13.8 Å². The second-order valence-electron chi connectivity index (χ2n) is 1.38. The maximum atomic E-state index is 9.54. The van der Waals surface area contributed by atoms with Gasteiger partial charge in [0.1, 0.15) is 6.29 Å². The number of allylic oxidation sites excluding steroid dienone is 2. The lowest BCUT2D eigenvalue weighted by Gasteiger charge is -1.73. The molecule has 0 spiro atoms. The van der Waals surface area contributed by atoms with E-state index >= 15 is 0 Å². The van der Waals surface area contributed by atoms with E-state index in [1.54, 1.807) is 0 Å². The van der Waals surface area contributed by atoms with Gasteiger partial charge in [0.25, 0.3) is 0 Å². The van der Waals surface area contributed by atoms with Crippen molar-refractivity contribution >= 4 is 6.29 Å². The summed E-state index contributed by atoms with van der Waals surface area (Å²) in [6, 6.07) is 0. The summed E-state index contributed by atoms with van der Waals surface area (Å²) in [5.41, 5.74) is 1.05. The topological polar surface area (TPSA) is 48.6 Å². The molecule has 0 aromatic carbocycles. The van der Waals surface area contributed by atoms with Crippen molar-refractivity contribution in [2.75, 3.05) is 0 Å². The fourth-order valence-corrected chi connectivity index (χ4v) is 0.136. The van der Waals surface area contributed by atoms with Crippen LogP contribution in [0.3, 0.4) is 0 Å². The molecule has 0 saturated heterocycles. The lowest BCUT2D eigenvalue weighted by atomic mass is 10.3. The molecular formula is C5H10O2. The van der Waals surface area contributed by atoms with E-state index in [9.17, 15) is 4.79 Å². The zero-order chi connectivity index (χ0) is 4.99. The predicted molar refractivity (Wildman–Crippen MR) is 29.1 cm³/mol. The summed E-state index contributed by atoms with van der Waals surface area (Å²) >= 11 is 0. The minimum absolute atomic E-state index is 0. The predicted octanol–water partition coefficient (Wildman–Crippen LogP) is 0.327. The molecule has 0 aliphatic heterocycles.